The molecule has 0 unspecified atom stereocenters. The molecule has 0 aliphatic carbocycles. The summed E-state index contributed by atoms with van der Waals surface area (Å²) in [6.45, 7) is 3.43. The number of amides is 1. The zero-order chi connectivity index (χ0) is 15.0. The Morgan fingerprint density at radius 3 is 3.00 bits per heavy atom. The van der Waals surface area contributed by atoms with Crippen LogP contribution in [0.4, 0.5) is 0 Å². The average Bonchev–Trinajstić information content (AvgIpc) is 3.03. The van der Waals surface area contributed by atoms with Crippen molar-refractivity contribution in [3.8, 4) is 0 Å². The van der Waals surface area contributed by atoms with Gasteiger partial charge in [0.25, 0.3) is 5.91 Å². The first-order valence-electron chi connectivity index (χ1n) is 6.99. The Balaban J connectivity index is 1.78. The van der Waals surface area contributed by atoms with Crippen LogP contribution in [-0.4, -0.2) is 32.6 Å². The molecule has 0 spiro atoms. The van der Waals surface area contributed by atoms with Crippen LogP contribution in [0.3, 0.4) is 0 Å². The van der Waals surface area contributed by atoms with Crippen LogP contribution >= 0.6 is 15.9 Å². The molecule has 0 saturated heterocycles. The molecule has 6 heteroatoms. The van der Waals surface area contributed by atoms with Crippen LogP contribution in [0.1, 0.15) is 34.0 Å². The summed E-state index contributed by atoms with van der Waals surface area (Å²) < 4.78 is 2.94. The Morgan fingerprint density at radius 1 is 1.43 bits per heavy atom. The second-order valence-corrected chi connectivity index (χ2v) is 6.29. The fraction of sp³-hybridized carbons (Fsp3) is 0.400. The number of aryl methyl sites for hydroxylation is 2. The number of halogens is 1. The van der Waals surface area contributed by atoms with Crippen molar-refractivity contribution in [2.45, 2.75) is 32.9 Å². The SMILES string of the molecule is Cc1ccc(C(=O)N(C)Cc2nnc3n2CCC3)c(Br)c1. The zero-order valence-electron chi connectivity index (χ0n) is 12.1. The Hall–Kier alpha value is -1.69. The van der Waals surface area contributed by atoms with Crippen molar-refractivity contribution in [2.24, 2.45) is 0 Å². The quantitative estimate of drug-likeness (QED) is 0.856. The summed E-state index contributed by atoms with van der Waals surface area (Å²) >= 11 is 3.46. The first-order chi connectivity index (χ1) is 10.1. The Morgan fingerprint density at radius 2 is 2.24 bits per heavy atom. The predicted molar refractivity (Wildman–Crippen MR) is 83.0 cm³/mol. The second-order valence-electron chi connectivity index (χ2n) is 5.43. The van der Waals surface area contributed by atoms with Crippen molar-refractivity contribution < 1.29 is 4.79 Å². The molecule has 0 bridgehead atoms. The molecular formula is C15H17BrN4O. The molecule has 0 atom stereocenters. The lowest BCUT2D eigenvalue weighted by molar-refractivity contribution is 0.0779. The highest BCUT2D eigenvalue weighted by molar-refractivity contribution is 9.10. The number of benzene rings is 1. The minimum atomic E-state index is -0.0165. The maximum Gasteiger partial charge on any atom is 0.255 e. The first kappa shape index (κ1) is 14.3. The van der Waals surface area contributed by atoms with E-state index in [0.717, 1.165) is 41.1 Å². The van der Waals surface area contributed by atoms with Crippen LogP contribution in [0.5, 0.6) is 0 Å². The van der Waals surface area contributed by atoms with Gasteiger partial charge in [0.05, 0.1) is 12.1 Å². The zero-order valence-corrected chi connectivity index (χ0v) is 13.7. The van der Waals surface area contributed by atoms with Gasteiger partial charge in [-0.15, -0.1) is 10.2 Å². The lowest BCUT2D eigenvalue weighted by Crippen LogP contribution is -2.28. The highest BCUT2D eigenvalue weighted by atomic mass is 79.9. The second kappa shape index (κ2) is 5.60. The number of nitrogens with zero attached hydrogens (tertiary/aromatic N) is 4. The molecule has 1 aromatic carbocycles. The van der Waals surface area contributed by atoms with Crippen molar-refractivity contribution in [1.29, 1.82) is 0 Å². The van der Waals surface area contributed by atoms with E-state index < -0.39 is 0 Å². The lowest BCUT2D eigenvalue weighted by Gasteiger charge is -2.18. The van der Waals surface area contributed by atoms with E-state index in [9.17, 15) is 4.79 Å². The maximum absolute atomic E-state index is 12.5. The molecule has 3 rings (SSSR count). The number of fused-ring (bicyclic) bond motifs is 1. The van der Waals surface area contributed by atoms with Gasteiger partial charge in [-0.25, -0.2) is 0 Å². The molecule has 0 saturated carbocycles. The largest absolute Gasteiger partial charge is 0.334 e. The van der Waals surface area contributed by atoms with E-state index in [1.165, 1.54) is 0 Å². The molecular weight excluding hydrogens is 332 g/mol. The summed E-state index contributed by atoms with van der Waals surface area (Å²) in [5.74, 6) is 1.88. The third-order valence-electron chi connectivity index (χ3n) is 3.77. The molecule has 0 fully saturated rings. The molecule has 1 amide bonds. The van der Waals surface area contributed by atoms with Crippen molar-refractivity contribution in [3.05, 3.63) is 45.4 Å². The molecule has 21 heavy (non-hydrogen) atoms. The van der Waals surface area contributed by atoms with Crippen LogP contribution in [0.25, 0.3) is 0 Å². The van der Waals surface area contributed by atoms with Gasteiger partial charge in [0, 0.05) is 24.5 Å². The van der Waals surface area contributed by atoms with Gasteiger partial charge >= 0.3 is 0 Å². The molecule has 5 nitrogen and oxygen atoms in total. The highest BCUT2D eigenvalue weighted by Crippen LogP contribution is 2.21. The molecule has 1 aliphatic rings. The van der Waals surface area contributed by atoms with Crippen molar-refractivity contribution in [3.63, 3.8) is 0 Å². The summed E-state index contributed by atoms with van der Waals surface area (Å²) in [5.41, 5.74) is 1.79. The van der Waals surface area contributed by atoms with E-state index >= 15 is 0 Å². The Bertz CT molecular complexity index is 695. The smallest absolute Gasteiger partial charge is 0.255 e. The number of carbonyl (C=O) groups is 1. The van der Waals surface area contributed by atoms with Crippen molar-refractivity contribution in [2.75, 3.05) is 7.05 Å². The van der Waals surface area contributed by atoms with Gasteiger partial charge in [0.1, 0.15) is 5.82 Å². The average molecular weight is 349 g/mol. The number of carbonyl (C=O) groups excluding carboxylic acids is 1. The number of aromatic nitrogens is 3. The maximum atomic E-state index is 12.5. The van der Waals surface area contributed by atoms with Gasteiger partial charge < -0.3 is 9.47 Å². The number of hydrogen-bond donors (Lipinski definition) is 0. The van der Waals surface area contributed by atoms with Crippen LogP contribution < -0.4 is 0 Å². The van der Waals surface area contributed by atoms with Crippen molar-refractivity contribution >= 4 is 21.8 Å². The van der Waals surface area contributed by atoms with Gasteiger partial charge in [-0.1, -0.05) is 6.07 Å². The molecule has 0 radical (unpaired) electrons. The first-order valence-corrected chi connectivity index (χ1v) is 7.78. The summed E-state index contributed by atoms with van der Waals surface area (Å²) in [5, 5.41) is 8.37. The number of hydrogen-bond acceptors (Lipinski definition) is 3. The van der Waals surface area contributed by atoms with E-state index in [1.54, 1.807) is 11.9 Å². The fourth-order valence-electron chi connectivity index (χ4n) is 2.61. The minimum Gasteiger partial charge on any atom is -0.334 e. The third-order valence-corrected chi connectivity index (χ3v) is 4.42. The Kier molecular flexibility index (Phi) is 3.80. The topological polar surface area (TPSA) is 51.0 Å². The van der Waals surface area contributed by atoms with Gasteiger partial charge in [-0.05, 0) is 47.0 Å². The summed E-state index contributed by atoms with van der Waals surface area (Å²) in [4.78, 5) is 14.2. The van der Waals surface area contributed by atoms with E-state index in [-0.39, 0.29) is 5.91 Å². The van der Waals surface area contributed by atoms with Crippen LogP contribution in [-0.2, 0) is 19.5 Å². The normalized spacial score (nSPS) is 13.3. The number of rotatable bonds is 3. The van der Waals surface area contributed by atoms with Gasteiger partial charge in [-0.3, -0.25) is 4.79 Å². The lowest BCUT2D eigenvalue weighted by atomic mass is 10.1. The molecule has 2 heterocycles. The van der Waals surface area contributed by atoms with Crippen LogP contribution in [0.15, 0.2) is 22.7 Å². The van der Waals surface area contributed by atoms with Gasteiger partial charge in [0.15, 0.2) is 5.82 Å². The molecule has 1 aromatic heterocycles. The fourth-order valence-corrected chi connectivity index (χ4v) is 3.27. The standard InChI is InChI=1S/C15H17BrN4O/c1-10-5-6-11(12(16)8-10)15(21)19(2)9-14-18-17-13-4-3-7-20(13)14/h5-6,8H,3-4,7,9H2,1-2H3. The van der Waals surface area contributed by atoms with E-state index in [0.29, 0.717) is 12.1 Å². The third kappa shape index (κ3) is 2.72. The van der Waals surface area contributed by atoms with E-state index in [1.807, 2.05) is 25.1 Å². The van der Waals surface area contributed by atoms with E-state index in [2.05, 4.69) is 30.7 Å². The summed E-state index contributed by atoms with van der Waals surface area (Å²) in [6.07, 6.45) is 2.09. The highest BCUT2D eigenvalue weighted by Gasteiger charge is 2.21. The van der Waals surface area contributed by atoms with Crippen LogP contribution in [0.2, 0.25) is 0 Å². The Labute approximate surface area is 132 Å². The predicted octanol–water partition coefficient (Wildman–Crippen LogP) is 2.57. The molecule has 1 aliphatic heterocycles. The van der Waals surface area contributed by atoms with Crippen LogP contribution in [0, 0.1) is 6.92 Å². The minimum absolute atomic E-state index is 0.0165. The van der Waals surface area contributed by atoms with E-state index in [4.69, 9.17) is 0 Å². The van der Waals surface area contributed by atoms with Gasteiger partial charge in [0.2, 0.25) is 0 Å². The van der Waals surface area contributed by atoms with Gasteiger partial charge in [-0.2, -0.15) is 0 Å². The summed E-state index contributed by atoms with van der Waals surface area (Å²) in [6, 6.07) is 5.75. The molecule has 0 N–H and O–H groups in total. The van der Waals surface area contributed by atoms with Crippen molar-refractivity contribution in [1.82, 2.24) is 19.7 Å². The molecule has 110 valence electrons. The summed E-state index contributed by atoms with van der Waals surface area (Å²) in [7, 11) is 1.80. The monoisotopic (exact) mass is 348 g/mol. The molecule has 2 aromatic rings.